The molecular weight excluding hydrogens is 318 g/mol. The SMILES string of the molecule is NC(=O)CCOc1ccc(S(N)(=O)=O)c2ccc(Cl)nc12. The molecule has 0 unspecified atom stereocenters. The number of halogens is 1. The van der Waals surface area contributed by atoms with Crippen molar-refractivity contribution in [3.8, 4) is 5.75 Å². The first-order valence-corrected chi connectivity index (χ1v) is 7.74. The number of primary amides is 1. The standard InChI is InChI=1S/C12H12ClN3O4S/c13-10-4-1-7-9(21(15,18)19)3-2-8(12(7)16-10)20-6-5-11(14)17/h1-4H,5-6H2,(H2,14,17)(H2,15,18,19). The first-order chi connectivity index (χ1) is 9.79. The summed E-state index contributed by atoms with van der Waals surface area (Å²) in [6.07, 6.45) is 0.0268. The molecule has 7 nitrogen and oxygen atoms in total. The Balaban J connectivity index is 2.53. The number of carbonyl (C=O) groups is 1. The summed E-state index contributed by atoms with van der Waals surface area (Å²) in [7, 11) is -3.91. The minimum Gasteiger partial charge on any atom is -0.491 e. The lowest BCUT2D eigenvalue weighted by molar-refractivity contribution is -0.118. The molecule has 2 aromatic rings. The number of carbonyl (C=O) groups excluding carboxylic acids is 1. The molecule has 0 saturated heterocycles. The number of hydrogen-bond donors (Lipinski definition) is 2. The molecule has 0 aliphatic carbocycles. The van der Waals surface area contributed by atoms with Gasteiger partial charge in [-0.2, -0.15) is 0 Å². The van der Waals surface area contributed by atoms with Crippen LogP contribution in [0.1, 0.15) is 6.42 Å². The zero-order chi connectivity index (χ0) is 15.6. The Labute approximate surface area is 125 Å². The van der Waals surface area contributed by atoms with Gasteiger partial charge in [0.25, 0.3) is 0 Å². The zero-order valence-corrected chi connectivity index (χ0v) is 12.3. The van der Waals surface area contributed by atoms with Crippen LogP contribution < -0.4 is 15.6 Å². The lowest BCUT2D eigenvalue weighted by atomic mass is 10.2. The Kier molecular flexibility index (Phi) is 4.31. The fourth-order valence-corrected chi connectivity index (χ4v) is 2.64. The zero-order valence-electron chi connectivity index (χ0n) is 10.7. The Morgan fingerprint density at radius 2 is 2.00 bits per heavy atom. The fraction of sp³-hybridized carbons (Fsp3) is 0.167. The van der Waals surface area contributed by atoms with E-state index < -0.39 is 15.9 Å². The Hall–Kier alpha value is -1.90. The van der Waals surface area contributed by atoms with Crippen LogP contribution in [0.5, 0.6) is 5.75 Å². The predicted molar refractivity (Wildman–Crippen MR) is 77.4 cm³/mol. The highest BCUT2D eigenvalue weighted by atomic mass is 35.5. The average Bonchev–Trinajstić information content (AvgIpc) is 2.37. The first kappa shape index (κ1) is 15.5. The average molecular weight is 330 g/mol. The molecule has 1 amide bonds. The van der Waals surface area contributed by atoms with Crippen molar-refractivity contribution in [1.82, 2.24) is 4.98 Å². The van der Waals surface area contributed by atoms with E-state index in [0.29, 0.717) is 11.1 Å². The summed E-state index contributed by atoms with van der Waals surface area (Å²) in [5, 5.41) is 5.63. The summed E-state index contributed by atoms with van der Waals surface area (Å²) >= 11 is 5.82. The van der Waals surface area contributed by atoms with Crippen molar-refractivity contribution in [2.24, 2.45) is 10.9 Å². The molecule has 4 N–H and O–H groups in total. The quantitative estimate of drug-likeness (QED) is 0.784. The molecule has 1 aromatic carbocycles. The van der Waals surface area contributed by atoms with Crippen LogP contribution in [0.3, 0.4) is 0 Å². The third-order valence-corrected chi connectivity index (χ3v) is 3.84. The lowest BCUT2D eigenvalue weighted by Crippen LogP contribution is -2.15. The van der Waals surface area contributed by atoms with Crippen molar-refractivity contribution >= 4 is 38.4 Å². The van der Waals surface area contributed by atoms with Crippen molar-refractivity contribution in [3.05, 3.63) is 29.4 Å². The predicted octanol–water partition coefficient (Wildman–Crippen LogP) is 0.790. The molecular formula is C12H12ClN3O4S. The largest absolute Gasteiger partial charge is 0.491 e. The minimum atomic E-state index is -3.91. The molecule has 0 radical (unpaired) electrons. The van der Waals surface area contributed by atoms with Crippen molar-refractivity contribution in [2.45, 2.75) is 11.3 Å². The van der Waals surface area contributed by atoms with Crippen LogP contribution in [-0.4, -0.2) is 25.9 Å². The number of sulfonamides is 1. The number of nitrogens with zero attached hydrogens (tertiary/aromatic N) is 1. The van der Waals surface area contributed by atoms with Gasteiger partial charge in [0.2, 0.25) is 15.9 Å². The van der Waals surface area contributed by atoms with Crippen molar-refractivity contribution in [2.75, 3.05) is 6.61 Å². The highest BCUT2D eigenvalue weighted by Crippen LogP contribution is 2.30. The number of pyridine rings is 1. The Morgan fingerprint density at radius 1 is 1.29 bits per heavy atom. The van der Waals surface area contributed by atoms with Gasteiger partial charge >= 0.3 is 0 Å². The molecule has 0 aliphatic rings. The van der Waals surface area contributed by atoms with E-state index in [0.717, 1.165) is 0 Å². The summed E-state index contributed by atoms with van der Waals surface area (Å²) in [4.78, 5) is 14.7. The molecule has 112 valence electrons. The second-order valence-electron chi connectivity index (χ2n) is 4.20. The monoisotopic (exact) mass is 329 g/mol. The summed E-state index contributed by atoms with van der Waals surface area (Å²) in [6, 6.07) is 5.66. The number of ether oxygens (including phenoxy) is 1. The van der Waals surface area contributed by atoms with Crippen LogP contribution in [-0.2, 0) is 14.8 Å². The van der Waals surface area contributed by atoms with Crippen molar-refractivity contribution in [1.29, 1.82) is 0 Å². The van der Waals surface area contributed by atoms with E-state index in [9.17, 15) is 13.2 Å². The van der Waals surface area contributed by atoms with Gasteiger partial charge in [0.1, 0.15) is 16.4 Å². The second kappa shape index (κ2) is 5.84. The van der Waals surface area contributed by atoms with Crippen LogP contribution in [0.25, 0.3) is 10.9 Å². The number of nitrogens with two attached hydrogens (primary N) is 2. The number of aromatic nitrogens is 1. The van der Waals surface area contributed by atoms with Gasteiger partial charge < -0.3 is 10.5 Å². The molecule has 21 heavy (non-hydrogen) atoms. The fourth-order valence-electron chi connectivity index (χ4n) is 1.77. The molecule has 1 heterocycles. The maximum absolute atomic E-state index is 11.6. The molecule has 1 aromatic heterocycles. The van der Waals surface area contributed by atoms with Crippen LogP contribution in [0, 0.1) is 0 Å². The van der Waals surface area contributed by atoms with E-state index in [1.54, 1.807) is 0 Å². The number of rotatable bonds is 5. The summed E-state index contributed by atoms with van der Waals surface area (Å²) in [6.45, 7) is 0.0490. The summed E-state index contributed by atoms with van der Waals surface area (Å²) < 4.78 is 28.5. The van der Waals surface area contributed by atoms with Crippen molar-refractivity contribution < 1.29 is 17.9 Å². The minimum absolute atomic E-state index is 0.0268. The highest BCUT2D eigenvalue weighted by molar-refractivity contribution is 7.89. The van der Waals surface area contributed by atoms with E-state index in [1.165, 1.54) is 24.3 Å². The first-order valence-electron chi connectivity index (χ1n) is 5.82. The maximum atomic E-state index is 11.6. The smallest absolute Gasteiger partial charge is 0.238 e. The number of amides is 1. The van der Waals surface area contributed by atoms with Gasteiger partial charge in [0.15, 0.2) is 0 Å². The third kappa shape index (κ3) is 3.60. The maximum Gasteiger partial charge on any atom is 0.238 e. The summed E-state index contributed by atoms with van der Waals surface area (Å²) in [5.74, 6) is -0.215. The topological polar surface area (TPSA) is 125 Å². The van der Waals surface area contributed by atoms with E-state index >= 15 is 0 Å². The molecule has 0 fully saturated rings. The molecule has 0 aliphatic heterocycles. The normalized spacial score (nSPS) is 11.5. The van der Waals surface area contributed by atoms with Gasteiger partial charge in [-0.15, -0.1) is 0 Å². The number of benzene rings is 1. The van der Waals surface area contributed by atoms with Gasteiger partial charge in [0, 0.05) is 5.39 Å². The van der Waals surface area contributed by atoms with Crippen LogP contribution in [0.4, 0.5) is 0 Å². The molecule has 0 bridgehead atoms. The number of fused-ring (bicyclic) bond motifs is 1. The molecule has 0 atom stereocenters. The lowest BCUT2D eigenvalue weighted by Gasteiger charge is -2.10. The van der Waals surface area contributed by atoms with Gasteiger partial charge in [0.05, 0.1) is 17.9 Å². The second-order valence-corrected chi connectivity index (χ2v) is 6.12. The van der Waals surface area contributed by atoms with Gasteiger partial charge in [-0.1, -0.05) is 11.6 Å². The van der Waals surface area contributed by atoms with Crippen molar-refractivity contribution in [3.63, 3.8) is 0 Å². The van der Waals surface area contributed by atoms with E-state index in [2.05, 4.69) is 4.98 Å². The third-order valence-electron chi connectivity index (χ3n) is 2.66. The Bertz CT molecular complexity index is 807. The van der Waals surface area contributed by atoms with Crippen LogP contribution >= 0.6 is 11.6 Å². The number of primary sulfonamides is 1. The van der Waals surface area contributed by atoms with Crippen LogP contribution in [0.15, 0.2) is 29.2 Å². The van der Waals surface area contributed by atoms with Gasteiger partial charge in [-0.05, 0) is 24.3 Å². The van der Waals surface area contributed by atoms with E-state index in [1.807, 2.05) is 0 Å². The molecule has 9 heteroatoms. The van der Waals surface area contributed by atoms with E-state index in [-0.39, 0.29) is 28.6 Å². The Morgan fingerprint density at radius 3 is 2.62 bits per heavy atom. The van der Waals surface area contributed by atoms with Gasteiger partial charge in [-0.3, -0.25) is 4.79 Å². The van der Waals surface area contributed by atoms with E-state index in [4.69, 9.17) is 27.2 Å². The molecule has 0 saturated carbocycles. The summed E-state index contributed by atoms with van der Waals surface area (Å²) in [5.41, 5.74) is 5.27. The molecule has 2 rings (SSSR count). The van der Waals surface area contributed by atoms with Crippen LogP contribution in [0.2, 0.25) is 5.15 Å². The number of hydrogen-bond acceptors (Lipinski definition) is 5. The highest BCUT2D eigenvalue weighted by Gasteiger charge is 2.16. The molecule has 0 spiro atoms. The van der Waals surface area contributed by atoms with Gasteiger partial charge in [-0.25, -0.2) is 18.5 Å².